The van der Waals surface area contributed by atoms with Gasteiger partial charge < -0.3 is 16.0 Å². The first-order valence-electron chi connectivity index (χ1n) is 8.62. The fourth-order valence-corrected chi connectivity index (χ4v) is 3.20. The summed E-state index contributed by atoms with van der Waals surface area (Å²) in [7, 11) is 0. The quantitative estimate of drug-likeness (QED) is 0.665. The maximum absolute atomic E-state index is 12.6. The molecule has 1 fully saturated rings. The van der Waals surface area contributed by atoms with E-state index in [-0.39, 0.29) is 36.2 Å². The first-order valence-corrected chi connectivity index (χ1v) is 8.62. The highest BCUT2D eigenvalue weighted by Crippen LogP contribution is 2.28. The molecule has 7 heteroatoms. The van der Waals surface area contributed by atoms with Gasteiger partial charge in [-0.2, -0.15) is 0 Å². The third-order valence-electron chi connectivity index (χ3n) is 5.00. The second-order valence-electron chi connectivity index (χ2n) is 6.92. The SMILES string of the molecule is CC(N)C(C)NCc1ccc2c(c1)CN(C1CCC(=O)NC1=O)C2=O. The maximum Gasteiger partial charge on any atom is 0.255 e. The van der Waals surface area contributed by atoms with Gasteiger partial charge in [-0.25, -0.2) is 0 Å². The van der Waals surface area contributed by atoms with E-state index < -0.39 is 6.04 Å². The third-order valence-corrected chi connectivity index (χ3v) is 5.00. The normalized spacial score (nSPS) is 22.6. The van der Waals surface area contributed by atoms with E-state index in [9.17, 15) is 14.4 Å². The van der Waals surface area contributed by atoms with Crippen LogP contribution >= 0.6 is 0 Å². The lowest BCUT2D eigenvalue weighted by atomic mass is 10.0. The molecule has 0 aromatic heterocycles. The van der Waals surface area contributed by atoms with Crippen molar-refractivity contribution >= 4 is 17.7 Å². The second kappa shape index (κ2) is 6.93. The van der Waals surface area contributed by atoms with Crippen LogP contribution in [0.4, 0.5) is 0 Å². The van der Waals surface area contributed by atoms with Crippen LogP contribution in [0.3, 0.4) is 0 Å². The van der Waals surface area contributed by atoms with Crippen molar-refractivity contribution in [3.8, 4) is 0 Å². The van der Waals surface area contributed by atoms with E-state index in [2.05, 4.69) is 10.6 Å². The molecular formula is C18H24N4O3. The van der Waals surface area contributed by atoms with Gasteiger partial charge >= 0.3 is 0 Å². The van der Waals surface area contributed by atoms with Crippen molar-refractivity contribution in [2.75, 3.05) is 0 Å². The van der Waals surface area contributed by atoms with E-state index in [1.165, 1.54) is 0 Å². The molecule has 3 unspecified atom stereocenters. The van der Waals surface area contributed by atoms with Crippen LogP contribution in [-0.2, 0) is 22.7 Å². The van der Waals surface area contributed by atoms with Crippen molar-refractivity contribution in [3.05, 3.63) is 34.9 Å². The summed E-state index contributed by atoms with van der Waals surface area (Å²) in [5.41, 5.74) is 8.48. The highest BCUT2D eigenvalue weighted by molar-refractivity contribution is 6.05. The number of nitrogens with zero attached hydrogens (tertiary/aromatic N) is 1. The van der Waals surface area contributed by atoms with Crippen LogP contribution in [0.15, 0.2) is 18.2 Å². The fourth-order valence-electron chi connectivity index (χ4n) is 3.20. The zero-order valence-electron chi connectivity index (χ0n) is 14.5. The van der Waals surface area contributed by atoms with Crippen molar-refractivity contribution in [2.45, 2.75) is 57.9 Å². The van der Waals surface area contributed by atoms with E-state index in [0.717, 1.165) is 11.1 Å². The number of carbonyl (C=O) groups is 3. The molecule has 0 radical (unpaired) electrons. The third kappa shape index (κ3) is 3.57. The number of amides is 3. The van der Waals surface area contributed by atoms with Crippen LogP contribution < -0.4 is 16.4 Å². The first-order chi connectivity index (χ1) is 11.9. The molecule has 0 spiro atoms. The Hall–Kier alpha value is -2.25. The lowest BCUT2D eigenvalue weighted by molar-refractivity contribution is -0.136. The Morgan fingerprint density at radius 1 is 1.32 bits per heavy atom. The van der Waals surface area contributed by atoms with Gasteiger partial charge in [0.25, 0.3) is 5.91 Å². The van der Waals surface area contributed by atoms with Crippen molar-refractivity contribution in [1.82, 2.24) is 15.5 Å². The zero-order chi connectivity index (χ0) is 18.1. The Balaban J connectivity index is 1.71. The van der Waals surface area contributed by atoms with E-state index in [4.69, 9.17) is 5.73 Å². The Morgan fingerprint density at radius 3 is 2.76 bits per heavy atom. The highest BCUT2D eigenvalue weighted by atomic mass is 16.2. The van der Waals surface area contributed by atoms with E-state index >= 15 is 0 Å². The number of carbonyl (C=O) groups excluding carboxylic acids is 3. The van der Waals surface area contributed by atoms with Crippen LogP contribution in [-0.4, -0.2) is 40.7 Å². The molecule has 0 bridgehead atoms. The van der Waals surface area contributed by atoms with E-state index in [0.29, 0.717) is 25.1 Å². The number of rotatable bonds is 5. The molecule has 4 N–H and O–H groups in total. The molecule has 2 aliphatic heterocycles. The van der Waals surface area contributed by atoms with Crippen molar-refractivity contribution in [2.24, 2.45) is 5.73 Å². The fraction of sp³-hybridized carbons (Fsp3) is 0.500. The van der Waals surface area contributed by atoms with Gasteiger partial charge in [0, 0.05) is 37.2 Å². The number of hydrogen-bond acceptors (Lipinski definition) is 5. The predicted molar refractivity (Wildman–Crippen MR) is 92.4 cm³/mol. The average molecular weight is 344 g/mol. The number of imide groups is 1. The number of fused-ring (bicyclic) bond motifs is 1. The van der Waals surface area contributed by atoms with Crippen LogP contribution in [0, 0.1) is 0 Å². The van der Waals surface area contributed by atoms with Gasteiger partial charge in [-0.05, 0) is 37.5 Å². The molecule has 3 rings (SSSR count). The summed E-state index contributed by atoms with van der Waals surface area (Å²) in [6.45, 7) is 5.06. The lowest BCUT2D eigenvalue weighted by Gasteiger charge is -2.29. The Morgan fingerprint density at radius 2 is 2.08 bits per heavy atom. The average Bonchev–Trinajstić information content (AvgIpc) is 2.88. The van der Waals surface area contributed by atoms with Crippen LogP contribution in [0.5, 0.6) is 0 Å². The number of hydrogen-bond donors (Lipinski definition) is 3. The molecule has 3 amide bonds. The van der Waals surface area contributed by atoms with Gasteiger partial charge in [0.1, 0.15) is 6.04 Å². The summed E-state index contributed by atoms with van der Waals surface area (Å²) in [6, 6.07) is 5.41. The summed E-state index contributed by atoms with van der Waals surface area (Å²) >= 11 is 0. The molecule has 25 heavy (non-hydrogen) atoms. The summed E-state index contributed by atoms with van der Waals surface area (Å²) in [6.07, 6.45) is 0.644. The van der Waals surface area contributed by atoms with Crippen molar-refractivity contribution in [3.63, 3.8) is 0 Å². The smallest absolute Gasteiger partial charge is 0.255 e. The minimum Gasteiger partial charge on any atom is -0.327 e. The molecule has 0 aliphatic carbocycles. The molecule has 2 heterocycles. The highest BCUT2D eigenvalue weighted by Gasteiger charge is 2.38. The van der Waals surface area contributed by atoms with E-state index in [1.54, 1.807) is 4.90 Å². The monoisotopic (exact) mass is 344 g/mol. The van der Waals surface area contributed by atoms with E-state index in [1.807, 2.05) is 32.0 Å². The molecule has 1 saturated heterocycles. The van der Waals surface area contributed by atoms with Gasteiger partial charge in [0.05, 0.1) is 0 Å². The van der Waals surface area contributed by atoms with Gasteiger partial charge in [-0.3, -0.25) is 19.7 Å². The first kappa shape index (κ1) is 17.6. The summed E-state index contributed by atoms with van der Waals surface area (Å²) in [4.78, 5) is 37.5. The molecule has 1 aromatic carbocycles. The van der Waals surface area contributed by atoms with Crippen LogP contribution in [0.1, 0.15) is 48.2 Å². The lowest BCUT2D eigenvalue weighted by Crippen LogP contribution is -2.52. The molecular weight excluding hydrogens is 320 g/mol. The van der Waals surface area contributed by atoms with Crippen molar-refractivity contribution < 1.29 is 14.4 Å². The van der Waals surface area contributed by atoms with Gasteiger partial charge in [-0.15, -0.1) is 0 Å². The van der Waals surface area contributed by atoms with Gasteiger partial charge in [0.15, 0.2) is 0 Å². The van der Waals surface area contributed by atoms with Crippen LogP contribution in [0.25, 0.3) is 0 Å². The summed E-state index contributed by atoms with van der Waals surface area (Å²) in [5.74, 6) is -0.806. The zero-order valence-corrected chi connectivity index (χ0v) is 14.5. The second-order valence-corrected chi connectivity index (χ2v) is 6.92. The number of benzene rings is 1. The number of piperidine rings is 1. The Labute approximate surface area is 146 Å². The van der Waals surface area contributed by atoms with Gasteiger partial charge in [-0.1, -0.05) is 12.1 Å². The Kier molecular flexibility index (Phi) is 4.87. The minimum absolute atomic E-state index is 0.0546. The summed E-state index contributed by atoms with van der Waals surface area (Å²) in [5, 5.41) is 5.68. The number of nitrogens with one attached hydrogen (secondary N) is 2. The van der Waals surface area contributed by atoms with Crippen LogP contribution in [0.2, 0.25) is 0 Å². The predicted octanol–water partition coefficient (Wildman–Crippen LogP) is 0.273. The standard InChI is InChI=1S/C18H24N4O3/c1-10(19)11(2)20-8-12-3-4-14-13(7-12)9-22(18(14)25)15-5-6-16(23)21-17(15)24/h3-4,7,10-11,15,20H,5-6,8-9,19H2,1-2H3,(H,21,23,24). The largest absolute Gasteiger partial charge is 0.327 e. The molecule has 7 nitrogen and oxygen atoms in total. The topological polar surface area (TPSA) is 105 Å². The molecule has 1 aromatic rings. The maximum atomic E-state index is 12.6. The molecule has 0 saturated carbocycles. The van der Waals surface area contributed by atoms with Gasteiger partial charge in [0.2, 0.25) is 11.8 Å². The number of nitrogens with two attached hydrogens (primary N) is 1. The minimum atomic E-state index is -0.572. The summed E-state index contributed by atoms with van der Waals surface area (Å²) < 4.78 is 0. The molecule has 2 aliphatic rings. The Bertz CT molecular complexity index is 716. The molecule has 3 atom stereocenters. The molecule has 134 valence electrons. The van der Waals surface area contributed by atoms with Crippen molar-refractivity contribution in [1.29, 1.82) is 0 Å².